The van der Waals surface area contributed by atoms with Crippen LogP contribution in [-0.2, 0) is 0 Å². The Kier molecular flexibility index (Phi) is 2.85. The molecule has 4 N–H and O–H groups in total. The number of rotatable bonds is 2. The molecule has 5 nitrogen and oxygen atoms in total. The van der Waals surface area contributed by atoms with Gasteiger partial charge in [0, 0.05) is 10.6 Å². The standard InChI is InChI=1S/C11H13ClN4O/c1-6-3-10(17-2)7(4-8(6)12)9-5-16(14)11(13)15-9/h3-5H,14H2,1-2H3,(H2,13,15). The first-order valence-corrected chi connectivity index (χ1v) is 5.35. The van der Waals surface area contributed by atoms with E-state index in [2.05, 4.69) is 4.98 Å². The molecule has 0 saturated heterocycles. The van der Waals surface area contributed by atoms with E-state index < -0.39 is 0 Å². The van der Waals surface area contributed by atoms with Gasteiger partial charge in [0.25, 0.3) is 0 Å². The quantitative estimate of drug-likeness (QED) is 0.799. The molecule has 0 fully saturated rings. The molecule has 0 atom stereocenters. The number of imidazole rings is 1. The average molecular weight is 253 g/mol. The molecular formula is C11H13ClN4O. The molecule has 2 rings (SSSR count). The number of nitrogens with two attached hydrogens (primary N) is 2. The van der Waals surface area contributed by atoms with Crippen molar-refractivity contribution in [3.05, 3.63) is 28.9 Å². The molecule has 1 aromatic carbocycles. The van der Waals surface area contributed by atoms with Crippen molar-refractivity contribution in [2.45, 2.75) is 6.92 Å². The number of hydrogen-bond acceptors (Lipinski definition) is 4. The van der Waals surface area contributed by atoms with Crippen LogP contribution in [0.25, 0.3) is 11.3 Å². The van der Waals surface area contributed by atoms with Crippen LogP contribution in [-0.4, -0.2) is 16.8 Å². The van der Waals surface area contributed by atoms with Gasteiger partial charge in [-0.25, -0.2) is 9.66 Å². The first-order chi connectivity index (χ1) is 8.02. The Labute approximate surface area is 104 Å². The van der Waals surface area contributed by atoms with Crippen LogP contribution in [0.4, 0.5) is 5.95 Å². The Morgan fingerprint density at radius 2 is 2.12 bits per heavy atom. The second-order valence-corrected chi connectivity index (χ2v) is 4.10. The fourth-order valence-corrected chi connectivity index (χ4v) is 1.73. The number of nitrogens with zero attached hydrogens (tertiary/aromatic N) is 2. The highest BCUT2D eigenvalue weighted by Gasteiger charge is 2.13. The second-order valence-electron chi connectivity index (χ2n) is 3.69. The minimum absolute atomic E-state index is 0.235. The minimum Gasteiger partial charge on any atom is -0.496 e. The molecule has 0 aliphatic rings. The smallest absolute Gasteiger partial charge is 0.219 e. The molecule has 0 radical (unpaired) electrons. The van der Waals surface area contributed by atoms with Crippen LogP contribution in [0.15, 0.2) is 18.3 Å². The van der Waals surface area contributed by atoms with Crippen molar-refractivity contribution in [1.82, 2.24) is 9.66 Å². The molecule has 0 unspecified atom stereocenters. The molecular weight excluding hydrogens is 240 g/mol. The first-order valence-electron chi connectivity index (χ1n) is 4.97. The molecule has 17 heavy (non-hydrogen) atoms. The van der Waals surface area contributed by atoms with Crippen molar-refractivity contribution in [2.24, 2.45) is 0 Å². The number of anilines is 1. The van der Waals surface area contributed by atoms with Gasteiger partial charge in [-0.2, -0.15) is 0 Å². The fourth-order valence-electron chi connectivity index (χ4n) is 1.56. The molecule has 2 aromatic rings. The summed E-state index contributed by atoms with van der Waals surface area (Å²) in [6.45, 7) is 1.91. The third-order valence-electron chi connectivity index (χ3n) is 2.52. The normalized spacial score (nSPS) is 10.5. The molecule has 0 bridgehead atoms. The Morgan fingerprint density at radius 3 is 2.65 bits per heavy atom. The van der Waals surface area contributed by atoms with Gasteiger partial charge in [0.1, 0.15) is 5.75 Å². The summed E-state index contributed by atoms with van der Waals surface area (Å²) in [5.41, 5.74) is 7.92. The zero-order valence-electron chi connectivity index (χ0n) is 9.57. The molecule has 0 aliphatic heterocycles. The number of ether oxygens (including phenoxy) is 1. The lowest BCUT2D eigenvalue weighted by atomic mass is 10.1. The van der Waals surface area contributed by atoms with Gasteiger partial charge in [-0.3, -0.25) is 0 Å². The average Bonchev–Trinajstić information content (AvgIpc) is 2.62. The summed E-state index contributed by atoms with van der Waals surface area (Å²) in [6, 6.07) is 3.64. The highest BCUT2D eigenvalue weighted by atomic mass is 35.5. The van der Waals surface area contributed by atoms with Gasteiger partial charge >= 0.3 is 0 Å². The Morgan fingerprint density at radius 1 is 1.41 bits per heavy atom. The number of aromatic nitrogens is 2. The number of halogens is 1. The molecule has 0 saturated carbocycles. The lowest BCUT2D eigenvalue weighted by Crippen LogP contribution is -2.09. The van der Waals surface area contributed by atoms with Crippen LogP contribution in [0, 0.1) is 6.92 Å². The number of aryl methyl sites for hydroxylation is 1. The monoisotopic (exact) mass is 252 g/mol. The molecule has 0 amide bonds. The van der Waals surface area contributed by atoms with E-state index in [-0.39, 0.29) is 5.95 Å². The van der Waals surface area contributed by atoms with Gasteiger partial charge in [0.2, 0.25) is 5.95 Å². The first kappa shape index (κ1) is 11.6. The van der Waals surface area contributed by atoms with Crippen molar-refractivity contribution < 1.29 is 4.74 Å². The largest absolute Gasteiger partial charge is 0.496 e. The van der Waals surface area contributed by atoms with Crippen LogP contribution in [0.5, 0.6) is 5.75 Å². The predicted molar refractivity (Wildman–Crippen MR) is 68.5 cm³/mol. The van der Waals surface area contributed by atoms with Crippen molar-refractivity contribution in [1.29, 1.82) is 0 Å². The molecule has 0 aliphatic carbocycles. The van der Waals surface area contributed by atoms with Crippen molar-refractivity contribution in [3.63, 3.8) is 0 Å². The highest BCUT2D eigenvalue weighted by Crippen LogP contribution is 2.34. The number of benzene rings is 1. The summed E-state index contributed by atoms with van der Waals surface area (Å²) in [7, 11) is 1.59. The van der Waals surface area contributed by atoms with Crippen LogP contribution >= 0.6 is 11.6 Å². The Bertz CT molecular complexity index is 545. The summed E-state index contributed by atoms with van der Waals surface area (Å²) in [6.07, 6.45) is 1.62. The Balaban J connectivity index is 2.61. The summed E-state index contributed by atoms with van der Waals surface area (Å²) in [4.78, 5) is 4.14. The van der Waals surface area contributed by atoms with E-state index in [0.29, 0.717) is 16.5 Å². The van der Waals surface area contributed by atoms with Gasteiger partial charge in [0.15, 0.2) is 0 Å². The van der Waals surface area contributed by atoms with E-state index in [1.807, 2.05) is 13.0 Å². The number of nitrogen functional groups attached to an aromatic ring is 2. The molecule has 6 heteroatoms. The SMILES string of the molecule is COc1cc(C)c(Cl)cc1-c1cn(N)c(N)n1. The summed E-state index contributed by atoms with van der Waals surface area (Å²) in [5, 5.41) is 0.644. The lowest BCUT2D eigenvalue weighted by molar-refractivity contribution is 0.416. The van der Waals surface area contributed by atoms with Crippen LogP contribution in [0.3, 0.4) is 0 Å². The molecule has 0 spiro atoms. The lowest BCUT2D eigenvalue weighted by Gasteiger charge is -2.08. The topological polar surface area (TPSA) is 79.1 Å². The van der Waals surface area contributed by atoms with Gasteiger partial charge in [-0.1, -0.05) is 11.6 Å². The number of methoxy groups -OCH3 is 1. The summed E-state index contributed by atoms with van der Waals surface area (Å²) in [5.74, 6) is 6.51. The second kappa shape index (κ2) is 4.18. The fraction of sp³-hybridized carbons (Fsp3) is 0.182. The van der Waals surface area contributed by atoms with Crippen LogP contribution < -0.4 is 16.3 Å². The van der Waals surface area contributed by atoms with Gasteiger partial charge in [-0.15, -0.1) is 0 Å². The maximum atomic E-state index is 6.09. The summed E-state index contributed by atoms with van der Waals surface area (Å²) < 4.78 is 6.55. The predicted octanol–water partition coefficient (Wildman–Crippen LogP) is 1.82. The third-order valence-corrected chi connectivity index (χ3v) is 2.92. The molecule has 1 aromatic heterocycles. The van der Waals surface area contributed by atoms with Crippen molar-refractivity contribution in [2.75, 3.05) is 18.7 Å². The summed E-state index contributed by atoms with van der Waals surface area (Å²) >= 11 is 6.09. The van der Waals surface area contributed by atoms with Crippen LogP contribution in [0.1, 0.15) is 5.56 Å². The minimum atomic E-state index is 0.235. The van der Waals surface area contributed by atoms with Crippen molar-refractivity contribution in [3.8, 4) is 17.0 Å². The van der Waals surface area contributed by atoms with Crippen molar-refractivity contribution >= 4 is 17.5 Å². The van der Waals surface area contributed by atoms with E-state index >= 15 is 0 Å². The molecule has 1 heterocycles. The van der Waals surface area contributed by atoms with Gasteiger partial charge < -0.3 is 16.3 Å². The third kappa shape index (κ3) is 2.01. The maximum Gasteiger partial charge on any atom is 0.219 e. The van der Waals surface area contributed by atoms with E-state index in [1.165, 1.54) is 4.68 Å². The van der Waals surface area contributed by atoms with Crippen LogP contribution in [0.2, 0.25) is 5.02 Å². The zero-order chi connectivity index (χ0) is 12.6. The van der Waals surface area contributed by atoms with E-state index in [9.17, 15) is 0 Å². The van der Waals surface area contributed by atoms with Gasteiger partial charge in [-0.05, 0) is 24.6 Å². The highest BCUT2D eigenvalue weighted by molar-refractivity contribution is 6.31. The maximum absolute atomic E-state index is 6.09. The van der Waals surface area contributed by atoms with Gasteiger partial charge in [0.05, 0.1) is 19.0 Å². The Hall–Kier alpha value is -1.88. The number of hydrogen-bond donors (Lipinski definition) is 2. The van der Waals surface area contributed by atoms with E-state index in [0.717, 1.165) is 11.1 Å². The van der Waals surface area contributed by atoms with E-state index in [1.54, 1.807) is 19.4 Å². The molecule has 90 valence electrons. The van der Waals surface area contributed by atoms with E-state index in [4.69, 9.17) is 27.9 Å². The zero-order valence-corrected chi connectivity index (χ0v) is 10.3.